The quantitative estimate of drug-likeness (QED) is 0.879. The summed E-state index contributed by atoms with van der Waals surface area (Å²) in [7, 11) is 0. The lowest BCUT2D eigenvalue weighted by Crippen LogP contribution is -2.41. The van der Waals surface area contributed by atoms with Crippen molar-refractivity contribution in [1.29, 1.82) is 0 Å². The number of hydrogen-bond donors (Lipinski definition) is 2. The molecule has 2 N–H and O–H groups in total. The van der Waals surface area contributed by atoms with Crippen LogP contribution in [0.3, 0.4) is 0 Å². The molecule has 1 aromatic carbocycles. The van der Waals surface area contributed by atoms with Crippen LogP contribution in [0.1, 0.15) is 27.2 Å². The predicted molar refractivity (Wildman–Crippen MR) is 89.1 cm³/mol. The van der Waals surface area contributed by atoms with Crippen molar-refractivity contribution in [2.75, 3.05) is 18.4 Å². The van der Waals surface area contributed by atoms with Gasteiger partial charge in [-0.2, -0.15) is 0 Å². The highest BCUT2D eigenvalue weighted by molar-refractivity contribution is 5.90. The highest BCUT2D eigenvalue weighted by Gasteiger charge is 2.23. The van der Waals surface area contributed by atoms with Gasteiger partial charge in [-0.05, 0) is 39.0 Å². The van der Waals surface area contributed by atoms with Gasteiger partial charge in [-0.1, -0.05) is 18.2 Å². The molecule has 1 aliphatic heterocycles. The number of rotatable bonds is 2. The van der Waals surface area contributed by atoms with Crippen molar-refractivity contribution in [3.8, 4) is 0 Å². The molecular weight excluding hydrogens is 294 g/mol. The van der Waals surface area contributed by atoms with Crippen LogP contribution in [-0.4, -0.2) is 35.7 Å². The average Bonchev–Trinajstić information content (AvgIpc) is 2.47. The lowest BCUT2D eigenvalue weighted by molar-refractivity contribution is 0.0265. The van der Waals surface area contributed by atoms with E-state index in [4.69, 9.17) is 4.74 Å². The van der Waals surface area contributed by atoms with Crippen molar-refractivity contribution in [3.05, 3.63) is 42.1 Å². The Hall–Kier alpha value is -2.50. The van der Waals surface area contributed by atoms with E-state index in [1.165, 1.54) is 0 Å². The van der Waals surface area contributed by atoms with Gasteiger partial charge in [0, 0.05) is 30.9 Å². The maximum absolute atomic E-state index is 12.0. The molecule has 2 rings (SSSR count). The Balaban J connectivity index is 1.82. The van der Waals surface area contributed by atoms with E-state index in [1.54, 1.807) is 4.90 Å². The number of nitrogens with zero attached hydrogens (tertiary/aromatic N) is 1. The van der Waals surface area contributed by atoms with Gasteiger partial charge in [-0.25, -0.2) is 9.59 Å². The molecule has 23 heavy (non-hydrogen) atoms. The van der Waals surface area contributed by atoms with E-state index in [0.29, 0.717) is 19.5 Å². The van der Waals surface area contributed by atoms with Crippen LogP contribution in [0.2, 0.25) is 0 Å². The standard InChI is InChI=1S/C17H23N3O3/c1-17(2,3)23-16(22)20-11-9-14(10-12-20)19-15(21)18-13-7-5-4-6-8-13/h4-9H,10-12H2,1-3H3,(H2,18,19,21). The third-order valence-corrected chi connectivity index (χ3v) is 3.17. The summed E-state index contributed by atoms with van der Waals surface area (Å²) < 4.78 is 5.33. The maximum atomic E-state index is 12.0. The van der Waals surface area contributed by atoms with Crippen molar-refractivity contribution in [1.82, 2.24) is 10.2 Å². The molecule has 0 aliphatic carbocycles. The first-order valence-corrected chi connectivity index (χ1v) is 7.63. The Morgan fingerprint density at radius 3 is 2.39 bits per heavy atom. The van der Waals surface area contributed by atoms with Crippen LogP contribution < -0.4 is 10.6 Å². The van der Waals surface area contributed by atoms with Crippen LogP contribution in [-0.2, 0) is 4.74 Å². The molecule has 0 fully saturated rings. The summed E-state index contributed by atoms with van der Waals surface area (Å²) in [6.45, 7) is 6.46. The molecule has 6 nitrogen and oxygen atoms in total. The zero-order valence-electron chi connectivity index (χ0n) is 13.8. The van der Waals surface area contributed by atoms with Gasteiger partial charge in [0.25, 0.3) is 0 Å². The second-order valence-electron chi connectivity index (χ2n) is 6.35. The van der Waals surface area contributed by atoms with Crippen LogP contribution in [0.25, 0.3) is 0 Å². The molecule has 0 saturated carbocycles. The van der Waals surface area contributed by atoms with Gasteiger partial charge in [-0.15, -0.1) is 0 Å². The molecule has 0 bridgehead atoms. The fourth-order valence-corrected chi connectivity index (χ4v) is 2.10. The summed E-state index contributed by atoms with van der Waals surface area (Å²) in [6, 6.07) is 8.95. The SMILES string of the molecule is CC(C)(C)OC(=O)N1CC=C(NC(=O)Nc2ccccc2)CC1. The van der Waals surface area contributed by atoms with E-state index in [9.17, 15) is 9.59 Å². The average molecular weight is 317 g/mol. The van der Waals surface area contributed by atoms with E-state index < -0.39 is 5.60 Å². The summed E-state index contributed by atoms with van der Waals surface area (Å²) in [5.74, 6) is 0. The third kappa shape index (κ3) is 5.65. The molecule has 6 heteroatoms. The highest BCUT2D eigenvalue weighted by atomic mass is 16.6. The predicted octanol–water partition coefficient (Wildman–Crippen LogP) is 3.33. The first-order valence-electron chi connectivity index (χ1n) is 7.63. The number of ether oxygens (including phenoxy) is 1. The molecule has 1 aliphatic rings. The van der Waals surface area contributed by atoms with Crippen LogP contribution in [0.15, 0.2) is 42.1 Å². The molecular formula is C17H23N3O3. The van der Waals surface area contributed by atoms with Gasteiger partial charge in [0.2, 0.25) is 0 Å². The van der Waals surface area contributed by atoms with E-state index in [0.717, 1.165) is 11.4 Å². The Bertz CT molecular complexity index is 591. The number of anilines is 1. The molecule has 1 heterocycles. The number of para-hydroxylation sites is 1. The zero-order valence-corrected chi connectivity index (χ0v) is 13.8. The Morgan fingerprint density at radius 1 is 1.13 bits per heavy atom. The maximum Gasteiger partial charge on any atom is 0.410 e. The Labute approximate surface area is 136 Å². The summed E-state index contributed by atoms with van der Waals surface area (Å²) >= 11 is 0. The zero-order chi connectivity index (χ0) is 16.9. The minimum Gasteiger partial charge on any atom is -0.444 e. The number of carbonyl (C=O) groups is 2. The topological polar surface area (TPSA) is 70.7 Å². The third-order valence-electron chi connectivity index (χ3n) is 3.17. The lowest BCUT2D eigenvalue weighted by Gasteiger charge is -2.29. The summed E-state index contributed by atoms with van der Waals surface area (Å²) in [6.07, 6.45) is 2.08. The number of hydrogen-bond acceptors (Lipinski definition) is 3. The molecule has 0 radical (unpaired) electrons. The van der Waals surface area contributed by atoms with Gasteiger partial charge in [0.05, 0.1) is 0 Å². The van der Waals surface area contributed by atoms with Crippen LogP contribution in [0, 0.1) is 0 Å². The van der Waals surface area contributed by atoms with Crippen molar-refractivity contribution in [2.24, 2.45) is 0 Å². The lowest BCUT2D eigenvalue weighted by atomic mass is 10.2. The van der Waals surface area contributed by atoms with Gasteiger partial charge >= 0.3 is 12.1 Å². The fourth-order valence-electron chi connectivity index (χ4n) is 2.10. The number of nitrogens with one attached hydrogen (secondary N) is 2. The van der Waals surface area contributed by atoms with Crippen molar-refractivity contribution in [3.63, 3.8) is 0 Å². The van der Waals surface area contributed by atoms with Gasteiger partial charge in [0.15, 0.2) is 0 Å². The largest absolute Gasteiger partial charge is 0.444 e. The molecule has 0 aromatic heterocycles. The molecule has 3 amide bonds. The molecule has 0 atom stereocenters. The second kappa shape index (κ2) is 7.17. The Morgan fingerprint density at radius 2 is 1.83 bits per heavy atom. The summed E-state index contributed by atoms with van der Waals surface area (Å²) in [5, 5.41) is 5.57. The van der Waals surface area contributed by atoms with Crippen molar-refractivity contribution in [2.45, 2.75) is 32.8 Å². The number of carbonyl (C=O) groups excluding carboxylic acids is 2. The normalized spacial score (nSPS) is 14.7. The van der Waals surface area contributed by atoms with Crippen LogP contribution in [0.4, 0.5) is 15.3 Å². The van der Waals surface area contributed by atoms with Gasteiger partial charge in [-0.3, -0.25) is 0 Å². The first kappa shape index (κ1) is 16.9. The number of benzene rings is 1. The van der Waals surface area contributed by atoms with Gasteiger partial charge in [0.1, 0.15) is 5.60 Å². The van der Waals surface area contributed by atoms with E-state index in [2.05, 4.69) is 10.6 Å². The van der Waals surface area contributed by atoms with Crippen LogP contribution in [0.5, 0.6) is 0 Å². The van der Waals surface area contributed by atoms with E-state index in [-0.39, 0.29) is 12.1 Å². The second-order valence-corrected chi connectivity index (χ2v) is 6.35. The van der Waals surface area contributed by atoms with Gasteiger partial charge < -0.3 is 20.3 Å². The van der Waals surface area contributed by atoms with Crippen molar-refractivity contribution < 1.29 is 14.3 Å². The minimum atomic E-state index is -0.505. The summed E-state index contributed by atoms with van der Waals surface area (Å²) in [5.41, 5.74) is 1.03. The van der Waals surface area contributed by atoms with E-state index >= 15 is 0 Å². The van der Waals surface area contributed by atoms with Crippen molar-refractivity contribution >= 4 is 17.8 Å². The monoisotopic (exact) mass is 317 g/mol. The first-order chi connectivity index (χ1) is 10.8. The minimum absolute atomic E-state index is 0.284. The molecule has 1 aromatic rings. The van der Waals surface area contributed by atoms with Crippen LogP contribution >= 0.6 is 0 Å². The number of amides is 3. The van der Waals surface area contributed by atoms with E-state index in [1.807, 2.05) is 57.2 Å². The number of urea groups is 1. The smallest absolute Gasteiger partial charge is 0.410 e. The molecule has 124 valence electrons. The summed E-state index contributed by atoms with van der Waals surface area (Å²) in [4.78, 5) is 25.5. The Kier molecular flexibility index (Phi) is 5.26. The fraction of sp³-hybridized carbons (Fsp3) is 0.412. The molecule has 0 saturated heterocycles. The highest BCUT2D eigenvalue weighted by Crippen LogP contribution is 2.14. The molecule has 0 unspecified atom stereocenters. The molecule has 0 spiro atoms.